The molecule has 2 aromatic carbocycles. The van der Waals surface area contributed by atoms with Gasteiger partial charge in [0, 0.05) is 41.5 Å². The number of aryl methyl sites for hydroxylation is 1. The molecule has 8 heteroatoms. The van der Waals surface area contributed by atoms with E-state index in [-0.39, 0.29) is 23.4 Å². The van der Waals surface area contributed by atoms with Crippen LogP contribution in [0.1, 0.15) is 45.9 Å². The number of carbonyl (C=O) groups is 2. The molecule has 3 unspecified atom stereocenters. The third-order valence-electron chi connectivity index (χ3n) is 7.82. The van der Waals surface area contributed by atoms with Gasteiger partial charge in [-0.15, -0.1) is 0 Å². The number of ketones is 1. The molecule has 0 aliphatic carbocycles. The van der Waals surface area contributed by atoms with Gasteiger partial charge in [-0.1, -0.05) is 35.9 Å². The third kappa shape index (κ3) is 2.99. The van der Waals surface area contributed by atoms with Gasteiger partial charge in [-0.05, 0) is 50.1 Å². The summed E-state index contributed by atoms with van der Waals surface area (Å²) in [5, 5.41) is 14.6. The number of hydrogen-bond acceptors (Lipinski definition) is 6. The predicted octanol–water partition coefficient (Wildman–Crippen LogP) is 4.21. The van der Waals surface area contributed by atoms with E-state index in [4.69, 9.17) is 0 Å². The van der Waals surface area contributed by atoms with Crippen molar-refractivity contribution in [1.82, 2.24) is 9.88 Å². The molecule has 2 fully saturated rings. The van der Waals surface area contributed by atoms with E-state index in [1.54, 1.807) is 36.5 Å². The fourth-order valence-corrected chi connectivity index (χ4v) is 6.56. The van der Waals surface area contributed by atoms with Crippen molar-refractivity contribution in [3.63, 3.8) is 0 Å². The van der Waals surface area contributed by atoms with Crippen LogP contribution in [0, 0.1) is 23.0 Å². The summed E-state index contributed by atoms with van der Waals surface area (Å²) in [6, 6.07) is 17.4. The average Bonchev–Trinajstić information content (AvgIpc) is 3.52. The number of amides is 1. The zero-order valence-electron chi connectivity index (χ0n) is 19.2. The maximum atomic E-state index is 14.3. The van der Waals surface area contributed by atoms with Gasteiger partial charge in [0.25, 0.3) is 5.69 Å². The molecule has 2 saturated heterocycles. The molecule has 3 aliphatic rings. The lowest BCUT2D eigenvalue weighted by Gasteiger charge is -2.36. The Bertz CT molecular complexity index is 1370. The molecule has 3 aromatic rings. The second kappa shape index (κ2) is 7.81. The number of benzene rings is 2. The number of anilines is 1. The number of non-ortho nitro benzene ring substituents is 1. The van der Waals surface area contributed by atoms with Crippen LogP contribution >= 0.6 is 0 Å². The van der Waals surface area contributed by atoms with E-state index in [9.17, 15) is 19.7 Å². The summed E-state index contributed by atoms with van der Waals surface area (Å²) in [7, 11) is 0. The fraction of sp³-hybridized carbons (Fsp3) is 0.296. The van der Waals surface area contributed by atoms with Crippen molar-refractivity contribution in [2.75, 3.05) is 11.9 Å². The summed E-state index contributed by atoms with van der Waals surface area (Å²) in [6.45, 7) is 2.64. The summed E-state index contributed by atoms with van der Waals surface area (Å²) in [5.74, 6) is -1.62. The van der Waals surface area contributed by atoms with Gasteiger partial charge in [-0.3, -0.25) is 29.6 Å². The van der Waals surface area contributed by atoms with E-state index >= 15 is 0 Å². The monoisotopic (exact) mass is 468 g/mol. The fourth-order valence-electron chi connectivity index (χ4n) is 6.56. The molecule has 0 saturated carbocycles. The van der Waals surface area contributed by atoms with E-state index in [0.717, 1.165) is 24.0 Å². The minimum atomic E-state index is -1.20. The molecule has 35 heavy (non-hydrogen) atoms. The van der Waals surface area contributed by atoms with Crippen molar-refractivity contribution >= 4 is 23.1 Å². The molecular weight excluding hydrogens is 444 g/mol. The number of nitrogens with one attached hydrogen (secondary N) is 1. The van der Waals surface area contributed by atoms with Gasteiger partial charge in [-0.2, -0.15) is 0 Å². The number of hydrogen-bond donors (Lipinski definition) is 1. The number of rotatable bonds is 4. The van der Waals surface area contributed by atoms with Crippen LogP contribution in [0.2, 0.25) is 0 Å². The molecule has 6 rings (SSSR count). The van der Waals surface area contributed by atoms with Gasteiger partial charge in [0.15, 0.2) is 5.78 Å². The van der Waals surface area contributed by atoms with Crippen LogP contribution in [0.3, 0.4) is 0 Å². The molecule has 1 aromatic heterocycles. The zero-order chi connectivity index (χ0) is 24.3. The van der Waals surface area contributed by atoms with Crippen LogP contribution < -0.4 is 5.32 Å². The molecule has 1 spiro atoms. The molecule has 176 valence electrons. The number of fused-ring (bicyclic) bond motifs is 4. The topological polar surface area (TPSA) is 105 Å². The Labute approximate surface area is 202 Å². The molecule has 4 atom stereocenters. The van der Waals surface area contributed by atoms with Crippen molar-refractivity contribution in [2.24, 2.45) is 5.92 Å². The van der Waals surface area contributed by atoms with Gasteiger partial charge in [0.2, 0.25) is 5.91 Å². The van der Waals surface area contributed by atoms with Crippen molar-refractivity contribution in [3.05, 3.63) is 99.4 Å². The highest BCUT2D eigenvalue weighted by Gasteiger charge is 2.69. The number of carbonyl (C=O) groups excluding carboxylic acids is 2. The van der Waals surface area contributed by atoms with Crippen molar-refractivity contribution < 1.29 is 14.5 Å². The van der Waals surface area contributed by atoms with Gasteiger partial charge >= 0.3 is 0 Å². The Morgan fingerprint density at radius 2 is 2.03 bits per heavy atom. The van der Waals surface area contributed by atoms with Crippen LogP contribution in [-0.2, 0) is 10.3 Å². The van der Waals surface area contributed by atoms with E-state index in [1.165, 1.54) is 6.07 Å². The van der Waals surface area contributed by atoms with Crippen molar-refractivity contribution in [2.45, 2.75) is 37.3 Å². The first-order chi connectivity index (χ1) is 16.9. The van der Waals surface area contributed by atoms with Crippen molar-refractivity contribution in [1.29, 1.82) is 0 Å². The van der Waals surface area contributed by atoms with E-state index in [0.29, 0.717) is 23.5 Å². The minimum absolute atomic E-state index is 0.0239. The van der Waals surface area contributed by atoms with Crippen molar-refractivity contribution in [3.8, 4) is 0 Å². The molecule has 4 heterocycles. The molecule has 0 bridgehead atoms. The molecule has 3 aliphatic heterocycles. The highest BCUT2D eigenvalue weighted by Crippen LogP contribution is 2.61. The van der Waals surface area contributed by atoms with Crippen LogP contribution in [0.4, 0.5) is 11.4 Å². The number of nitro benzene ring substituents is 1. The van der Waals surface area contributed by atoms with Gasteiger partial charge < -0.3 is 5.32 Å². The lowest BCUT2D eigenvalue weighted by atomic mass is 9.69. The van der Waals surface area contributed by atoms with E-state index in [2.05, 4.69) is 15.2 Å². The lowest BCUT2D eigenvalue weighted by molar-refractivity contribution is -0.384. The van der Waals surface area contributed by atoms with Gasteiger partial charge in [0.1, 0.15) is 11.2 Å². The number of pyridine rings is 1. The molecule has 1 amide bonds. The lowest BCUT2D eigenvalue weighted by Crippen LogP contribution is -2.53. The zero-order valence-corrected chi connectivity index (χ0v) is 19.2. The largest absolute Gasteiger partial charge is 0.324 e. The second-order valence-electron chi connectivity index (χ2n) is 9.61. The summed E-state index contributed by atoms with van der Waals surface area (Å²) >= 11 is 0. The van der Waals surface area contributed by atoms with Gasteiger partial charge in [0.05, 0.1) is 10.8 Å². The van der Waals surface area contributed by atoms with Crippen LogP contribution in [0.25, 0.3) is 0 Å². The minimum Gasteiger partial charge on any atom is -0.324 e. The Morgan fingerprint density at radius 3 is 2.80 bits per heavy atom. The first-order valence-corrected chi connectivity index (χ1v) is 11.8. The SMILES string of the molecule is Cc1ccc2c(c1)[C@]1(C(=O)N2)C(C(=O)c2ccccn2)C(c2cccc([N+](=O)[O-])c2)C2CCCN21. The van der Waals surface area contributed by atoms with Crippen LogP contribution in [-0.4, -0.2) is 39.1 Å². The number of nitrogens with zero attached hydrogens (tertiary/aromatic N) is 3. The quantitative estimate of drug-likeness (QED) is 0.349. The van der Waals surface area contributed by atoms with E-state index in [1.807, 2.05) is 31.2 Å². The number of nitro groups is 1. The Kier molecular flexibility index (Phi) is 4.82. The highest BCUT2D eigenvalue weighted by molar-refractivity contribution is 6.12. The molecule has 1 N–H and O–H groups in total. The molecular formula is C27H24N4O4. The Hall–Kier alpha value is -3.91. The average molecular weight is 469 g/mol. The summed E-state index contributed by atoms with van der Waals surface area (Å²) in [4.78, 5) is 45.9. The predicted molar refractivity (Wildman–Crippen MR) is 129 cm³/mol. The normalized spacial score (nSPS) is 27.0. The Balaban J connectivity index is 1.63. The highest BCUT2D eigenvalue weighted by atomic mass is 16.6. The standard InChI is InChI=1S/C27H24N4O4/c1-16-10-11-20-19(14-16)27(26(33)29-20)24(25(32)21-8-2-3-12-28-21)23(22-9-5-13-30(22)27)17-6-4-7-18(15-17)31(34)35/h2-4,6-8,10-12,14-15,22-24H,5,9,13H2,1H3,(H,29,33)/t22?,23?,24?,27-/m1/s1. The first kappa shape index (κ1) is 21.6. The number of aromatic nitrogens is 1. The molecule has 8 nitrogen and oxygen atoms in total. The summed E-state index contributed by atoms with van der Waals surface area (Å²) < 4.78 is 0. The first-order valence-electron chi connectivity index (χ1n) is 11.8. The summed E-state index contributed by atoms with van der Waals surface area (Å²) in [5.41, 5.74) is 2.29. The molecule has 0 radical (unpaired) electrons. The smallest absolute Gasteiger partial charge is 0.269 e. The van der Waals surface area contributed by atoms with E-state index < -0.39 is 22.3 Å². The van der Waals surface area contributed by atoms with Crippen LogP contribution in [0.15, 0.2) is 66.9 Å². The maximum absolute atomic E-state index is 14.3. The second-order valence-corrected chi connectivity index (χ2v) is 9.61. The number of Topliss-reactive ketones (excluding diaryl/α,β-unsaturated/α-hetero) is 1. The Morgan fingerprint density at radius 1 is 1.17 bits per heavy atom. The summed E-state index contributed by atoms with van der Waals surface area (Å²) in [6.07, 6.45) is 3.26. The third-order valence-corrected chi connectivity index (χ3v) is 7.82. The maximum Gasteiger partial charge on any atom is 0.269 e. The van der Waals surface area contributed by atoms with Crippen LogP contribution in [0.5, 0.6) is 0 Å². The van der Waals surface area contributed by atoms with Gasteiger partial charge in [-0.25, -0.2) is 0 Å².